The lowest BCUT2D eigenvalue weighted by Gasteiger charge is -2.06. The van der Waals surface area contributed by atoms with E-state index in [4.69, 9.17) is 11.6 Å². The van der Waals surface area contributed by atoms with E-state index in [1.54, 1.807) is 0 Å². The average Bonchev–Trinajstić information content (AvgIpc) is 2.32. The molecule has 6 nitrogen and oxygen atoms in total. The number of aromatic hydroxyl groups is 2. The number of hydrogen-bond donors (Lipinski definition) is 4. The third-order valence-electron chi connectivity index (χ3n) is 2.02. The molecular formula is C11H13ClN2O4. The first-order valence-electron chi connectivity index (χ1n) is 5.17. The highest BCUT2D eigenvalue weighted by Gasteiger charge is 2.07. The third kappa shape index (κ3) is 4.50. The van der Waals surface area contributed by atoms with Gasteiger partial charge in [-0.05, 0) is 12.1 Å². The number of phenols is 2. The number of rotatable bonds is 5. The first-order valence-corrected chi connectivity index (χ1v) is 5.70. The quantitative estimate of drug-likeness (QED) is 0.454. The lowest BCUT2D eigenvalue weighted by Crippen LogP contribution is -2.35. The summed E-state index contributed by atoms with van der Waals surface area (Å²) < 4.78 is 0. The fourth-order valence-electron chi connectivity index (χ4n) is 1.25. The summed E-state index contributed by atoms with van der Waals surface area (Å²) in [6.45, 7) is 0.472. The van der Waals surface area contributed by atoms with E-state index in [1.165, 1.54) is 12.1 Å². The standard InChI is InChI=1S/C11H13ClN2O4/c12-6-10(17)13-1-2-14-11(18)7-3-8(15)5-9(16)4-7/h3-5,15-16H,1-2,6H2,(H,13,17)(H,14,18). The van der Waals surface area contributed by atoms with Gasteiger partial charge >= 0.3 is 0 Å². The topological polar surface area (TPSA) is 98.7 Å². The van der Waals surface area contributed by atoms with E-state index in [0.717, 1.165) is 6.07 Å². The average molecular weight is 273 g/mol. The molecule has 0 aliphatic carbocycles. The Morgan fingerprint density at radius 1 is 1.06 bits per heavy atom. The first-order chi connectivity index (χ1) is 8.52. The zero-order valence-corrected chi connectivity index (χ0v) is 10.2. The Hall–Kier alpha value is -1.95. The molecule has 4 N–H and O–H groups in total. The molecule has 0 fully saturated rings. The Morgan fingerprint density at radius 2 is 1.61 bits per heavy atom. The SMILES string of the molecule is O=C(CCl)NCCNC(=O)c1cc(O)cc(O)c1. The van der Waals surface area contributed by atoms with Gasteiger partial charge in [-0.25, -0.2) is 0 Å². The normalized spacial score (nSPS) is 9.83. The van der Waals surface area contributed by atoms with Gasteiger partial charge in [-0.15, -0.1) is 11.6 Å². The van der Waals surface area contributed by atoms with Crippen LogP contribution < -0.4 is 10.6 Å². The van der Waals surface area contributed by atoms with Crippen molar-refractivity contribution in [1.29, 1.82) is 0 Å². The molecule has 7 heteroatoms. The van der Waals surface area contributed by atoms with Crippen LogP contribution in [0.2, 0.25) is 0 Å². The number of amides is 2. The Bertz CT molecular complexity index is 430. The van der Waals surface area contributed by atoms with Crippen molar-refractivity contribution >= 4 is 23.4 Å². The fourth-order valence-corrected chi connectivity index (χ4v) is 1.35. The van der Waals surface area contributed by atoms with Crippen LogP contribution in [-0.4, -0.2) is 41.0 Å². The molecule has 0 unspecified atom stereocenters. The van der Waals surface area contributed by atoms with Crippen molar-refractivity contribution in [3.05, 3.63) is 23.8 Å². The summed E-state index contributed by atoms with van der Waals surface area (Å²) in [5.41, 5.74) is 0.135. The summed E-state index contributed by atoms with van der Waals surface area (Å²) in [5, 5.41) is 23.4. The first kappa shape index (κ1) is 14.1. The lowest BCUT2D eigenvalue weighted by molar-refractivity contribution is -0.118. The van der Waals surface area contributed by atoms with Crippen molar-refractivity contribution < 1.29 is 19.8 Å². The van der Waals surface area contributed by atoms with E-state index in [-0.39, 0.29) is 41.9 Å². The van der Waals surface area contributed by atoms with Crippen molar-refractivity contribution in [1.82, 2.24) is 10.6 Å². The van der Waals surface area contributed by atoms with E-state index >= 15 is 0 Å². The smallest absolute Gasteiger partial charge is 0.251 e. The number of nitrogens with one attached hydrogen (secondary N) is 2. The molecule has 1 rings (SSSR count). The second-order valence-corrected chi connectivity index (χ2v) is 3.74. The van der Waals surface area contributed by atoms with E-state index in [9.17, 15) is 19.8 Å². The lowest BCUT2D eigenvalue weighted by atomic mass is 10.2. The molecule has 0 radical (unpaired) electrons. The molecule has 0 aromatic heterocycles. The maximum atomic E-state index is 11.6. The minimum absolute atomic E-state index is 0.131. The van der Waals surface area contributed by atoms with E-state index in [0.29, 0.717) is 0 Å². The maximum absolute atomic E-state index is 11.6. The van der Waals surface area contributed by atoms with Crippen molar-refractivity contribution in [2.24, 2.45) is 0 Å². The van der Waals surface area contributed by atoms with Crippen LogP contribution in [0.4, 0.5) is 0 Å². The molecule has 98 valence electrons. The highest BCUT2D eigenvalue weighted by Crippen LogP contribution is 2.19. The van der Waals surface area contributed by atoms with Gasteiger partial charge in [0.25, 0.3) is 5.91 Å². The zero-order valence-electron chi connectivity index (χ0n) is 9.44. The molecule has 0 heterocycles. The molecular weight excluding hydrogens is 260 g/mol. The molecule has 0 aliphatic rings. The number of carbonyl (C=O) groups is 2. The second kappa shape index (κ2) is 6.70. The van der Waals surface area contributed by atoms with Crippen LogP contribution in [0, 0.1) is 0 Å². The molecule has 1 aromatic rings. The van der Waals surface area contributed by atoms with Crippen LogP contribution in [0.5, 0.6) is 11.5 Å². The van der Waals surface area contributed by atoms with Crippen molar-refractivity contribution in [3.63, 3.8) is 0 Å². The van der Waals surface area contributed by atoms with Crippen molar-refractivity contribution in [2.45, 2.75) is 0 Å². The van der Waals surface area contributed by atoms with Crippen molar-refractivity contribution in [2.75, 3.05) is 19.0 Å². The summed E-state index contributed by atoms with van der Waals surface area (Å²) in [5.74, 6) is -1.30. The predicted octanol–water partition coefficient (Wildman–Crippen LogP) is 0.183. The summed E-state index contributed by atoms with van der Waals surface area (Å²) in [7, 11) is 0. The molecule has 1 aromatic carbocycles. The van der Waals surface area contributed by atoms with Crippen molar-refractivity contribution in [3.8, 4) is 11.5 Å². The second-order valence-electron chi connectivity index (χ2n) is 3.48. The zero-order chi connectivity index (χ0) is 13.5. The van der Waals surface area contributed by atoms with E-state index in [2.05, 4.69) is 10.6 Å². The van der Waals surface area contributed by atoms with Gasteiger partial charge in [-0.2, -0.15) is 0 Å². The van der Waals surface area contributed by atoms with E-state index in [1.807, 2.05) is 0 Å². The molecule has 0 atom stereocenters. The Balaban J connectivity index is 2.43. The van der Waals surface area contributed by atoms with Gasteiger partial charge in [0.05, 0.1) is 0 Å². The van der Waals surface area contributed by atoms with Crippen LogP contribution in [0.3, 0.4) is 0 Å². The van der Waals surface area contributed by atoms with Gasteiger partial charge < -0.3 is 20.8 Å². The molecule has 0 spiro atoms. The molecule has 0 bridgehead atoms. The van der Waals surface area contributed by atoms with Crippen LogP contribution in [0.25, 0.3) is 0 Å². The molecule has 0 saturated heterocycles. The molecule has 18 heavy (non-hydrogen) atoms. The number of phenolic OH excluding ortho intramolecular Hbond substituents is 2. The minimum atomic E-state index is -0.457. The summed E-state index contributed by atoms with van der Waals surface area (Å²) in [4.78, 5) is 22.4. The minimum Gasteiger partial charge on any atom is -0.508 e. The van der Waals surface area contributed by atoms with Crippen LogP contribution in [-0.2, 0) is 4.79 Å². The largest absolute Gasteiger partial charge is 0.508 e. The predicted molar refractivity (Wildman–Crippen MR) is 65.8 cm³/mol. The number of halogens is 1. The number of alkyl halides is 1. The van der Waals surface area contributed by atoms with Crippen LogP contribution >= 0.6 is 11.6 Å². The molecule has 0 aliphatic heterocycles. The maximum Gasteiger partial charge on any atom is 0.251 e. The summed E-state index contributed by atoms with van der Waals surface area (Å²) >= 11 is 5.27. The Morgan fingerprint density at radius 3 is 2.17 bits per heavy atom. The van der Waals surface area contributed by atoms with Crippen LogP contribution in [0.1, 0.15) is 10.4 Å². The van der Waals surface area contributed by atoms with Gasteiger partial charge in [0, 0.05) is 24.7 Å². The highest BCUT2D eigenvalue weighted by atomic mass is 35.5. The van der Waals surface area contributed by atoms with Gasteiger partial charge in [0.2, 0.25) is 5.91 Å². The Kier molecular flexibility index (Phi) is 5.26. The molecule has 2 amide bonds. The summed E-state index contributed by atoms with van der Waals surface area (Å²) in [6.07, 6.45) is 0. The van der Waals surface area contributed by atoms with Crippen LogP contribution in [0.15, 0.2) is 18.2 Å². The van der Waals surface area contributed by atoms with Gasteiger partial charge in [0.15, 0.2) is 0 Å². The highest BCUT2D eigenvalue weighted by molar-refractivity contribution is 6.27. The number of benzene rings is 1. The van der Waals surface area contributed by atoms with Gasteiger partial charge in [-0.1, -0.05) is 0 Å². The summed E-state index contributed by atoms with van der Waals surface area (Å²) in [6, 6.07) is 3.58. The fraction of sp³-hybridized carbons (Fsp3) is 0.273. The number of carbonyl (C=O) groups excluding carboxylic acids is 2. The van der Waals surface area contributed by atoms with Gasteiger partial charge in [0.1, 0.15) is 17.4 Å². The van der Waals surface area contributed by atoms with Gasteiger partial charge in [-0.3, -0.25) is 9.59 Å². The number of hydrogen-bond acceptors (Lipinski definition) is 4. The third-order valence-corrected chi connectivity index (χ3v) is 2.26. The van der Waals surface area contributed by atoms with E-state index < -0.39 is 5.91 Å². The Labute approximate surface area is 109 Å². The molecule has 0 saturated carbocycles. The monoisotopic (exact) mass is 272 g/mol.